The number of ether oxygens (including phenoxy) is 1. The molecule has 0 unspecified atom stereocenters. The van der Waals surface area contributed by atoms with Crippen molar-refractivity contribution in [2.75, 3.05) is 37.4 Å². The number of morpholine rings is 1. The molecule has 1 fully saturated rings. The molecule has 28 heavy (non-hydrogen) atoms. The molecule has 1 aromatic carbocycles. The number of hydrogen-bond donors (Lipinski definition) is 1. The summed E-state index contributed by atoms with van der Waals surface area (Å²) in [6.45, 7) is 3.29. The van der Waals surface area contributed by atoms with Crippen molar-refractivity contribution in [1.82, 2.24) is 9.29 Å². The van der Waals surface area contributed by atoms with Gasteiger partial charge in [0, 0.05) is 36.9 Å². The molecule has 1 saturated heterocycles. The molecule has 0 spiro atoms. The molecule has 1 aliphatic rings. The van der Waals surface area contributed by atoms with Crippen LogP contribution in [-0.4, -0.2) is 55.7 Å². The quantitative estimate of drug-likeness (QED) is 0.738. The predicted molar refractivity (Wildman–Crippen MR) is 110 cm³/mol. The second-order valence-electron chi connectivity index (χ2n) is 6.40. The van der Waals surface area contributed by atoms with Crippen LogP contribution < -0.4 is 5.32 Å². The standard InChI is InChI=1S/C19H23N3O4S2/c1-15-4-5-17(28(24,25)22-7-9-26-10-8-22)11-18(15)21-19(23)14-27-13-16-3-2-6-20-12-16/h2-6,11-12H,7-10,13-14H2,1H3,(H,21,23). The molecule has 0 saturated carbocycles. The number of aromatic nitrogens is 1. The molecule has 1 N–H and O–H groups in total. The van der Waals surface area contributed by atoms with Gasteiger partial charge in [0.15, 0.2) is 0 Å². The molecular weight excluding hydrogens is 398 g/mol. The van der Waals surface area contributed by atoms with Gasteiger partial charge in [-0.1, -0.05) is 12.1 Å². The first-order chi connectivity index (χ1) is 13.5. The van der Waals surface area contributed by atoms with Gasteiger partial charge in [-0.25, -0.2) is 8.42 Å². The Morgan fingerprint density at radius 2 is 2.07 bits per heavy atom. The van der Waals surface area contributed by atoms with Gasteiger partial charge in [0.05, 0.1) is 23.9 Å². The molecule has 0 aliphatic carbocycles. The normalized spacial score (nSPS) is 15.3. The Bertz CT molecular complexity index is 914. The second kappa shape index (κ2) is 9.51. The first-order valence-electron chi connectivity index (χ1n) is 8.92. The highest BCUT2D eigenvalue weighted by Crippen LogP contribution is 2.24. The molecule has 1 aromatic heterocycles. The van der Waals surface area contributed by atoms with Gasteiger partial charge in [0.1, 0.15) is 0 Å². The van der Waals surface area contributed by atoms with E-state index in [1.165, 1.54) is 22.1 Å². The first kappa shape index (κ1) is 20.8. The van der Waals surface area contributed by atoms with Crippen LogP contribution in [0.25, 0.3) is 0 Å². The van der Waals surface area contributed by atoms with Crippen LogP contribution in [0.3, 0.4) is 0 Å². The molecule has 0 atom stereocenters. The molecule has 0 radical (unpaired) electrons. The van der Waals surface area contributed by atoms with Crippen molar-refractivity contribution >= 4 is 33.4 Å². The second-order valence-corrected chi connectivity index (χ2v) is 9.32. The van der Waals surface area contributed by atoms with E-state index in [1.807, 2.05) is 19.1 Å². The van der Waals surface area contributed by atoms with E-state index < -0.39 is 10.0 Å². The highest BCUT2D eigenvalue weighted by atomic mass is 32.2. The number of amides is 1. The van der Waals surface area contributed by atoms with Gasteiger partial charge in [-0.05, 0) is 36.2 Å². The zero-order chi connectivity index (χ0) is 20.0. The van der Waals surface area contributed by atoms with Gasteiger partial charge in [0.25, 0.3) is 0 Å². The SMILES string of the molecule is Cc1ccc(S(=O)(=O)N2CCOCC2)cc1NC(=O)CSCc1cccnc1. The molecule has 150 valence electrons. The largest absolute Gasteiger partial charge is 0.379 e. The van der Waals surface area contributed by atoms with Crippen molar-refractivity contribution in [2.45, 2.75) is 17.6 Å². The third kappa shape index (κ3) is 5.32. The maximum Gasteiger partial charge on any atom is 0.243 e. The summed E-state index contributed by atoms with van der Waals surface area (Å²) in [7, 11) is -3.60. The number of nitrogens with one attached hydrogen (secondary N) is 1. The predicted octanol–water partition coefficient (Wildman–Crippen LogP) is 2.28. The fraction of sp³-hybridized carbons (Fsp3) is 0.368. The molecule has 1 amide bonds. The number of nitrogens with zero attached hydrogens (tertiary/aromatic N) is 2. The zero-order valence-corrected chi connectivity index (χ0v) is 17.3. The maximum atomic E-state index is 12.8. The lowest BCUT2D eigenvalue weighted by Gasteiger charge is -2.26. The Labute approximate surface area is 169 Å². The minimum Gasteiger partial charge on any atom is -0.379 e. The first-order valence-corrected chi connectivity index (χ1v) is 11.5. The van der Waals surface area contributed by atoms with Crippen LogP contribution >= 0.6 is 11.8 Å². The lowest BCUT2D eigenvalue weighted by Crippen LogP contribution is -2.40. The minimum absolute atomic E-state index is 0.169. The highest BCUT2D eigenvalue weighted by molar-refractivity contribution is 7.99. The lowest BCUT2D eigenvalue weighted by atomic mass is 10.2. The molecule has 9 heteroatoms. The average molecular weight is 422 g/mol. The molecule has 3 rings (SSSR count). The molecule has 2 heterocycles. The number of thioether (sulfide) groups is 1. The van der Waals surface area contributed by atoms with Crippen LogP contribution in [0.15, 0.2) is 47.6 Å². The van der Waals surface area contributed by atoms with Crippen LogP contribution in [0.5, 0.6) is 0 Å². The number of carbonyl (C=O) groups is 1. The van der Waals surface area contributed by atoms with Crippen LogP contribution in [0.1, 0.15) is 11.1 Å². The topological polar surface area (TPSA) is 88.6 Å². The van der Waals surface area contributed by atoms with Gasteiger partial charge in [0.2, 0.25) is 15.9 Å². The van der Waals surface area contributed by atoms with Crippen LogP contribution in [0.4, 0.5) is 5.69 Å². The summed E-state index contributed by atoms with van der Waals surface area (Å²) < 4.78 is 32.3. The summed E-state index contributed by atoms with van der Waals surface area (Å²) in [5.74, 6) is 0.790. The van der Waals surface area contributed by atoms with Crippen molar-refractivity contribution < 1.29 is 17.9 Å². The number of hydrogen-bond acceptors (Lipinski definition) is 6. The third-order valence-corrected chi connectivity index (χ3v) is 7.21. The summed E-state index contributed by atoms with van der Waals surface area (Å²) in [5.41, 5.74) is 2.38. The molecular formula is C19H23N3O4S2. The summed E-state index contributed by atoms with van der Waals surface area (Å²) in [4.78, 5) is 16.5. The van der Waals surface area contributed by atoms with Gasteiger partial charge < -0.3 is 10.1 Å². The Balaban J connectivity index is 1.63. The van der Waals surface area contributed by atoms with Crippen molar-refractivity contribution in [3.05, 3.63) is 53.9 Å². The molecule has 0 bridgehead atoms. The molecule has 1 aliphatic heterocycles. The number of benzene rings is 1. The fourth-order valence-corrected chi connectivity index (χ4v) is 4.96. The van der Waals surface area contributed by atoms with Crippen LogP contribution in [-0.2, 0) is 25.3 Å². The summed E-state index contributed by atoms with van der Waals surface area (Å²) >= 11 is 1.48. The van der Waals surface area contributed by atoms with E-state index >= 15 is 0 Å². The summed E-state index contributed by atoms with van der Waals surface area (Å²) in [5, 5.41) is 2.83. The maximum absolute atomic E-state index is 12.8. The van der Waals surface area contributed by atoms with Crippen LogP contribution in [0.2, 0.25) is 0 Å². The van der Waals surface area contributed by atoms with Crippen LogP contribution in [0, 0.1) is 6.92 Å². The summed E-state index contributed by atoms with van der Waals surface area (Å²) in [6, 6.07) is 8.64. The van der Waals surface area contributed by atoms with E-state index in [0.29, 0.717) is 37.7 Å². The Kier molecular flexibility index (Phi) is 7.06. The monoisotopic (exact) mass is 421 g/mol. The van der Waals surface area contributed by atoms with Gasteiger partial charge in [-0.3, -0.25) is 9.78 Å². The smallest absolute Gasteiger partial charge is 0.243 e. The Hall–Kier alpha value is -1.94. The van der Waals surface area contributed by atoms with E-state index in [1.54, 1.807) is 24.5 Å². The minimum atomic E-state index is -3.60. The number of rotatable bonds is 7. The van der Waals surface area contributed by atoms with Gasteiger partial charge >= 0.3 is 0 Å². The third-order valence-electron chi connectivity index (χ3n) is 4.32. The number of aryl methyl sites for hydroxylation is 1. The zero-order valence-electron chi connectivity index (χ0n) is 15.6. The number of pyridine rings is 1. The van der Waals surface area contributed by atoms with Crippen molar-refractivity contribution in [1.29, 1.82) is 0 Å². The van der Waals surface area contributed by atoms with E-state index in [9.17, 15) is 13.2 Å². The van der Waals surface area contributed by atoms with Gasteiger partial charge in [-0.2, -0.15) is 4.31 Å². The highest BCUT2D eigenvalue weighted by Gasteiger charge is 2.26. The Morgan fingerprint density at radius 1 is 1.29 bits per heavy atom. The lowest BCUT2D eigenvalue weighted by molar-refractivity contribution is -0.113. The molecule has 7 nitrogen and oxygen atoms in total. The van der Waals surface area contributed by atoms with E-state index in [4.69, 9.17) is 4.74 Å². The summed E-state index contributed by atoms with van der Waals surface area (Å²) in [6.07, 6.45) is 3.48. The average Bonchev–Trinajstić information content (AvgIpc) is 2.71. The Morgan fingerprint density at radius 3 is 2.79 bits per heavy atom. The van der Waals surface area contributed by atoms with E-state index in [0.717, 1.165) is 11.1 Å². The number of carbonyl (C=O) groups excluding carboxylic acids is 1. The van der Waals surface area contributed by atoms with Gasteiger partial charge in [-0.15, -0.1) is 11.8 Å². The van der Waals surface area contributed by atoms with Crippen molar-refractivity contribution in [2.24, 2.45) is 0 Å². The fourth-order valence-electron chi connectivity index (χ4n) is 2.76. The number of anilines is 1. The van der Waals surface area contributed by atoms with Crippen molar-refractivity contribution in [3.63, 3.8) is 0 Å². The van der Waals surface area contributed by atoms with E-state index in [-0.39, 0.29) is 16.6 Å². The van der Waals surface area contributed by atoms with Crippen molar-refractivity contribution in [3.8, 4) is 0 Å². The number of sulfonamides is 1. The molecule has 2 aromatic rings. The van der Waals surface area contributed by atoms with E-state index in [2.05, 4.69) is 10.3 Å².